The first-order valence-corrected chi connectivity index (χ1v) is 17.5. The largest absolute Gasteiger partial charge is 2.00 e. The Morgan fingerprint density at radius 1 is 0.294 bits per heavy atom. The molecule has 0 N–H and O–H groups in total. The topological polar surface area (TPSA) is 64.6 Å². The summed E-state index contributed by atoms with van der Waals surface area (Å²) in [7, 11) is 0. The molecule has 4 nitrogen and oxygen atoms in total. The monoisotopic (exact) mass is 686 g/mol. The van der Waals surface area contributed by atoms with Crippen LogP contribution in [0.3, 0.4) is 0 Å². The molecule has 0 bridgehead atoms. The molecule has 2 aliphatic heterocycles. The van der Waals surface area contributed by atoms with E-state index in [9.17, 15) is 10.2 Å². The third kappa shape index (κ3) is 11.0. The average molecular weight is 687 g/mol. The fourth-order valence-corrected chi connectivity index (χ4v) is 6.06. The number of hydrogen-bond acceptors (Lipinski definition) is 4. The molecule has 0 spiro atoms. The molecule has 0 aliphatic carbocycles. The molecule has 2 aliphatic rings. The molecule has 6 aromatic rings. The first-order chi connectivity index (χ1) is 24.6. The number of ether oxygens (including phenoxy) is 2. The molecular formula is C46H46MgO4. The Morgan fingerprint density at radius 3 is 0.569 bits per heavy atom. The molecule has 2 fully saturated rings. The second-order valence-electron chi connectivity index (χ2n) is 12.2. The van der Waals surface area contributed by atoms with Crippen LogP contribution in [-0.2, 0) is 20.7 Å². The van der Waals surface area contributed by atoms with Gasteiger partial charge in [-0.1, -0.05) is 182 Å². The third-order valence-corrected chi connectivity index (χ3v) is 8.74. The molecule has 256 valence electrons. The maximum atomic E-state index is 13.7. The van der Waals surface area contributed by atoms with Gasteiger partial charge in [-0.2, -0.15) is 0 Å². The van der Waals surface area contributed by atoms with Gasteiger partial charge in [0.2, 0.25) is 0 Å². The fourth-order valence-electron chi connectivity index (χ4n) is 6.06. The third-order valence-electron chi connectivity index (χ3n) is 8.74. The van der Waals surface area contributed by atoms with Crippen LogP contribution < -0.4 is 10.2 Å². The van der Waals surface area contributed by atoms with Crippen molar-refractivity contribution in [2.75, 3.05) is 26.4 Å². The summed E-state index contributed by atoms with van der Waals surface area (Å²) in [5.74, 6) is 0. The zero-order valence-corrected chi connectivity index (χ0v) is 30.7. The molecule has 0 aromatic heterocycles. The Labute approximate surface area is 319 Å². The van der Waals surface area contributed by atoms with Crippen LogP contribution in [0.15, 0.2) is 182 Å². The summed E-state index contributed by atoms with van der Waals surface area (Å²) >= 11 is 0. The molecule has 8 rings (SSSR count). The van der Waals surface area contributed by atoms with Crippen molar-refractivity contribution in [1.29, 1.82) is 0 Å². The smallest absolute Gasteiger partial charge is 0.839 e. The number of rotatable bonds is 6. The predicted molar refractivity (Wildman–Crippen MR) is 204 cm³/mol. The molecule has 0 radical (unpaired) electrons. The molecule has 0 unspecified atom stereocenters. The van der Waals surface area contributed by atoms with E-state index in [4.69, 9.17) is 9.47 Å². The Kier molecular flexibility index (Phi) is 16.6. The standard InChI is InChI=1S/2C19H15O.2C4H8O.Mg/c2*20-19(16-10-4-1-5-11-16,17-12-6-2-7-13-17)18-14-8-3-9-15-18;2*1-2-4-5-3-1;/h2*1-15H;2*1-4H2;/q2*-1;;;+2. The molecule has 2 heterocycles. The van der Waals surface area contributed by atoms with Crippen molar-refractivity contribution in [2.24, 2.45) is 0 Å². The number of hydrogen-bond donors (Lipinski definition) is 0. The summed E-state index contributed by atoms with van der Waals surface area (Å²) in [5.41, 5.74) is 1.83. The van der Waals surface area contributed by atoms with Gasteiger partial charge in [-0.15, -0.1) is 0 Å². The van der Waals surface area contributed by atoms with Crippen molar-refractivity contribution in [1.82, 2.24) is 0 Å². The van der Waals surface area contributed by atoms with Crippen LogP contribution in [-0.4, -0.2) is 49.5 Å². The second kappa shape index (κ2) is 21.3. The summed E-state index contributed by atoms with van der Waals surface area (Å²) in [6.45, 7) is 4.00. The first kappa shape index (κ1) is 39.7. The second-order valence-corrected chi connectivity index (χ2v) is 12.2. The minimum absolute atomic E-state index is 0. The van der Waals surface area contributed by atoms with Crippen LogP contribution >= 0.6 is 0 Å². The van der Waals surface area contributed by atoms with Gasteiger partial charge < -0.3 is 19.7 Å². The van der Waals surface area contributed by atoms with E-state index in [1.54, 1.807) is 0 Å². The van der Waals surface area contributed by atoms with Crippen LogP contribution in [0.1, 0.15) is 59.1 Å². The summed E-state index contributed by atoms with van der Waals surface area (Å²) < 4.78 is 9.89. The van der Waals surface area contributed by atoms with Gasteiger partial charge in [0.25, 0.3) is 0 Å². The first-order valence-electron chi connectivity index (χ1n) is 17.5. The van der Waals surface area contributed by atoms with Gasteiger partial charge in [0, 0.05) is 26.4 Å². The zero-order chi connectivity index (χ0) is 34.7. The van der Waals surface area contributed by atoms with E-state index < -0.39 is 11.2 Å². The van der Waals surface area contributed by atoms with E-state index in [0.717, 1.165) is 59.8 Å². The quantitative estimate of drug-likeness (QED) is 0.132. The van der Waals surface area contributed by atoms with Gasteiger partial charge in [-0.3, -0.25) is 0 Å². The van der Waals surface area contributed by atoms with Crippen LogP contribution in [0, 0.1) is 0 Å². The van der Waals surface area contributed by atoms with Gasteiger partial charge in [0.1, 0.15) is 0 Å². The summed E-state index contributed by atoms with van der Waals surface area (Å²) in [4.78, 5) is 0. The molecule has 5 heteroatoms. The maximum absolute atomic E-state index is 13.7. The average Bonchev–Trinajstić information content (AvgIpc) is 4.01. The van der Waals surface area contributed by atoms with Gasteiger partial charge >= 0.3 is 23.1 Å². The van der Waals surface area contributed by atoms with Crippen molar-refractivity contribution >= 4 is 23.1 Å². The minimum atomic E-state index is -1.37. The molecule has 0 atom stereocenters. The van der Waals surface area contributed by atoms with Crippen molar-refractivity contribution in [3.8, 4) is 0 Å². The van der Waals surface area contributed by atoms with Crippen molar-refractivity contribution in [2.45, 2.75) is 36.9 Å². The van der Waals surface area contributed by atoms with Gasteiger partial charge in [-0.05, 0) is 70.3 Å². The zero-order valence-electron chi connectivity index (χ0n) is 29.3. The predicted octanol–water partition coefficient (Wildman–Crippen LogP) is 7.89. The van der Waals surface area contributed by atoms with E-state index >= 15 is 0 Å². The molecular weight excluding hydrogens is 641 g/mol. The van der Waals surface area contributed by atoms with Crippen molar-refractivity contribution in [3.63, 3.8) is 0 Å². The maximum Gasteiger partial charge on any atom is 2.00 e. The minimum Gasteiger partial charge on any atom is -0.839 e. The van der Waals surface area contributed by atoms with Crippen molar-refractivity contribution in [3.05, 3.63) is 215 Å². The summed E-state index contributed by atoms with van der Waals surface area (Å²) in [6.07, 6.45) is 5.11. The fraction of sp³-hybridized carbons (Fsp3) is 0.217. The van der Waals surface area contributed by atoms with Crippen molar-refractivity contribution < 1.29 is 19.7 Å². The van der Waals surface area contributed by atoms with Crippen LogP contribution in [0.5, 0.6) is 0 Å². The van der Waals surface area contributed by atoms with Gasteiger partial charge in [-0.25, -0.2) is 0 Å². The molecule has 0 amide bonds. The van der Waals surface area contributed by atoms with E-state index in [-0.39, 0.29) is 23.1 Å². The van der Waals surface area contributed by atoms with E-state index in [2.05, 4.69) is 0 Å². The van der Waals surface area contributed by atoms with E-state index in [1.807, 2.05) is 182 Å². The SMILES string of the molecule is C1CCOC1.C1CCOC1.[Mg+2].[O-]C(c1ccccc1)(c1ccccc1)c1ccccc1.[O-]C(c1ccccc1)(c1ccccc1)c1ccccc1. The van der Waals surface area contributed by atoms with Gasteiger partial charge in [0.15, 0.2) is 0 Å². The Bertz CT molecular complexity index is 1400. The van der Waals surface area contributed by atoms with Crippen LogP contribution in [0.2, 0.25) is 0 Å². The van der Waals surface area contributed by atoms with Gasteiger partial charge in [0.05, 0.1) is 0 Å². The van der Waals surface area contributed by atoms with Crippen LogP contribution in [0.4, 0.5) is 0 Å². The summed E-state index contributed by atoms with van der Waals surface area (Å²) in [5, 5.41) is 27.4. The van der Waals surface area contributed by atoms with E-state index in [1.165, 1.54) is 25.7 Å². The molecule has 51 heavy (non-hydrogen) atoms. The summed E-state index contributed by atoms with van der Waals surface area (Å²) in [6, 6.07) is 57.3. The normalized spacial score (nSPS) is 13.5. The van der Waals surface area contributed by atoms with Crippen LogP contribution in [0.25, 0.3) is 0 Å². The van der Waals surface area contributed by atoms with E-state index in [0.29, 0.717) is 0 Å². The molecule has 0 saturated carbocycles. The Hall–Kier alpha value is -4.07. The molecule has 2 saturated heterocycles. The Balaban J connectivity index is 0.000000177. The molecule has 6 aromatic carbocycles. The number of benzene rings is 6. The Morgan fingerprint density at radius 2 is 0.451 bits per heavy atom.